The van der Waals surface area contributed by atoms with E-state index < -0.39 is 5.79 Å². The predicted octanol–water partition coefficient (Wildman–Crippen LogP) is 1.15. The summed E-state index contributed by atoms with van der Waals surface area (Å²) in [5.41, 5.74) is 0. The number of fused-ring (bicyclic) bond motifs is 1. The fraction of sp³-hybridized carbons (Fsp3) is 0.909. The molecule has 2 aliphatic rings. The van der Waals surface area contributed by atoms with Gasteiger partial charge in [-0.25, -0.2) is 0 Å². The van der Waals surface area contributed by atoms with Gasteiger partial charge in [0.15, 0.2) is 11.9 Å². The lowest BCUT2D eigenvalue weighted by Gasteiger charge is -2.26. The Hall–Kier alpha value is -0.610. The highest BCUT2D eigenvalue weighted by Crippen LogP contribution is 2.34. The van der Waals surface area contributed by atoms with Crippen LogP contribution < -0.4 is 0 Å². The quantitative estimate of drug-likeness (QED) is 0.690. The van der Waals surface area contributed by atoms with Crippen LogP contribution in [-0.4, -0.2) is 41.4 Å². The second kappa shape index (κ2) is 3.46. The van der Waals surface area contributed by atoms with Gasteiger partial charge in [-0.3, -0.25) is 4.79 Å². The van der Waals surface area contributed by atoms with Gasteiger partial charge in [-0.15, -0.1) is 0 Å². The maximum absolute atomic E-state index is 12.0. The maximum atomic E-state index is 12.0. The van der Waals surface area contributed by atoms with Crippen LogP contribution in [0.15, 0.2) is 0 Å². The molecular weight excluding hydrogens is 194 g/mol. The molecule has 2 fully saturated rings. The standard InChI is InChI=1S/C11H19NO3/c1-5-7(2)12-6-8-9(10(12)13)15-11(3,4)14-8/h7-9H,5-6H2,1-4H3/t7?,8-,9-/m1/s1. The molecule has 0 aromatic heterocycles. The number of nitrogens with zero attached hydrogens (tertiary/aromatic N) is 1. The summed E-state index contributed by atoms with van der Waals surface area (Å²) < 4.78 is 11.3. The molecule has 15 heavy (non-hydrogen) atoms. The van der Waals surface area contributed by atoms with E-state index in [2.05, 4.69) is 13.8 Å². The Bertz CT molecular complexity index is 277. The minimum Gasteiger partial charge on any atom is -0.342 e. The number of rotatable bonds is 2. The van der Waals surface area contributed by atoms with Crippen molar-refractivity contribution in [1.29, 1.82) is 0 Å². The van der Waals surface area contributed by atoms with Crippen molar-refractivity contribution in [2.24, 2.45) is 0 Å². The first kappa shape index (κ1) is 10.9. The van der Waals surface area contributed by atoms with Crippen molar-refractivity contribution in [2.75, 3.05) is 6.54 Å². The monoisotopic (exact) mass is 213 g/mol. The Kier molecular flexibility index (Phi) is 2.51. The van der Waals surface area contributed by atoms with Gasteiger partial charge in [0.05, 0.1) is 6.54 Å². The summed E-state index contributed by atoms with van der Waals surface area (Å²) in [4.78, 5) is 13.9. The summed E-state index contributed by atoms with van der Waals surface area (Å²) in [6.07, 6.45) is 0.504. The Morgan fingerprint density at radius 2 is 2.20 bits per heavy atom. The molecule has 0 spiro atoms. The number of likely N-dealkylation sites (tertiary alicyclic amines) is 1. The zero-order valence-corrected chi connectivity index (χ0v) is 9.82. The Labute approximate surface area is 90.5 Å². The van der Waals surface area contributed by atoms with E-state index >= 15 is 0 Å². The molecule has 2 heterocycles. The van der Waals surface area contributed by atoms with Crippen LogP contribution in [0.1, 0.15) is 34.1 Å². The van der Waals surface area contributed by atoms with Crippen LogP contribution in [0.25, 0.3) is 0 Å². The molecule has 2 saturated heterocycles. The van der Waals surface area contributed by atoms with Gasteiger partial charge in [0.25, 0.3) is 5.91 Å². The molecule has 3 atom stereocenters. The number of carbonyl (C=O) groups is 1. The number of amides is 1. The van der Waals surface area contributed by atoms with Crippen LogP contribution in [0.5, 0.6) is 0 Å². The number of carbonyl (C=O) groups excluding carboxylic acids is 1. The van der Waals surface area contributed by atoms with E-state index in [4.69, 9.17) is 9.47 Å². The highest BCUT2D eigenvalue weighted by atomic mass is 16.8. The lowest BCUT2D eigenvalue weighted by molar-refractivity contribution is -0.170. The van der Waals surface area contributed by atoms with Crippen molar-refractivity contribution in [1.82, 2.24) is 4.90 Å². The second-order valence-electron chi connectivity index (χ2n) is 4.84. The topological polar surface area (TPSA) is 38.8 Å². The predicted molar refractivity (Wildman–Crippen MR) is 55.3 cm³/mol. The normalized spacial score (nSPS) is 35.7. The molecular formula is C11H19NO3. The first-order valence-electron chi connectivity index (χ1n) is 5.60. The Morgan fingerprint density at radius 1 is 1.53 bits per heavy atom. The SMILES string of the molecule is CCC(C)N1C[C@H]2OC(C)(C)O[C@H]2C1=O. The van der Waals surface area contributed by atoms with Crippen molar-refractivity contribution >= 4 is 5.91 Å². The molecule has 1 unspecified atom stereocenters. The minimum absolute atomic E-state index is 0.0819. The largest absolute Gasteiger partial charge is 0.342 e. The molecule has 0 aliphatic carbocycles. The first-order chi connectivity index (χ1) is 6.94. The zero-order valence-electron chi connectivity index (χ0n) is 9.82. The van der Waals surface area contributed by atoms with Crippen LogP contribution in [-0.2, 0) is 14.3 Å². The van der Waals surface area contributed by atoms with Crippen molar-refractivity contribution in [2.45, 2.75) is 58.2 Å². The number of ether oxygens (including phenoxy) is 2. The smallest absolute Gasteiger partial charge is 0.254 e. The van der Waals surface area contributed by atoms with Gasteiger partial charge in [-0.1, -0.05) is 6.92 Å². The van der Waals surface area contributed by atoms with E-state index in [1.54, 1.807) is 0 Å². The van der Waals surface area contributed by atoms with Gasteiger partial charge < -0.3 is 14.4 Å². The van der Waals surface area contributed by atoms with Crippen LogP contribution in [0.4, 0.5) is 0 Å². The zero-order chi connectivity index (χ0) is 11.2. The Morgan fingerprint density at radius 3 is 2.73 bits per heavy atom. The van der Waals surface area contributed by atoms with E-state index in [0.717, 1.165) is 6.42 Å². The molecule has 0 N–H and O–H groups in total. The van der Waals surface area contributed by atoms with Gasteiger partial charge in [0.2, 0.25) is 0 Å². The van der Waals surface area contributed by atoms with E-state index in [1.807, 2.05) is 18.7 Å². The molecule has 0 saturated carbocycles. The average Bonchev–Trinajstić information content (AvgIpc) is 2.60. The fourth-order valence-electron chi connectivity index (χ4n) is 2.24. The summed E-state index contributed by atoms with van der Waals surface area (Å²) in [5.74, 6) is -0.521. The first-order valence-corrected chi connectivity index (χ1v) is 5.60. The highest BCUT2D eigenvalue weighted by Gasteiger charge is 2.52. The fourth-order valence-corrected chi connectivity index (χ4v) is 2.24. The van der Waals surface area contributed by atoms with Gasteiger partial charge in [0.1, 0.15) is 6.10 Å². The summed E-state index contributed by atoms with van der Waals surface area (Å²) in [6, 6.07) is 0.276. The van der Waals surface area contributed by atoms with E-state index in [1.165, 1.54) is 0 Å². The van der Waals surface area contributed by atoms with Gasteiger partial charge >= 0.3 is 0 Å². The number of hydrogen-bond donors (Lipinski definition) is 0. The van der Waals surface area contributed by atoms with Crippen LogP contribution >= 0.6 is 0 Å². The molecule has 4 nitrogen and oxygen atoms in total. The molecule has 2 rings (SSSR count). The molecule has 2 aliphatic heterocycles. The van der Waals surface area contributed by atoms with E-state index in [-0.39, 0.29) is 24.2 Å². The summed E-state index contributed by atoms with van der Waals surface area (Å²) in [6.45, 7) is 8.52. The molecule has 1 amide bonds. The second-order valence-corrected chi connectivity index (χ2v) is 4.84. The van der Waals surface area contributed by atoms with Crippen LogP contribution in [0, 0.1) is 0 Å². The third kappa shape index (κ3) is 1.76. The van der Waals surface area contributed by atoms with Crippen molar-refractivity contribution < 1.29 is 14.3 Å². The third-order valence-corrected chi connectivity index (χ3v) is 3.21. The van der Waals surface area contributed by atoms with Crippen LogP contribution in [0.2, 0.25) is 0 Å². The Balaban J connectivity index is 2.08. The highest BCUT2D eigenvalue weighted by molar-refractivity contribution is 5.84. The lowest BCUT2D eigenvalue weighted by atomic mass is 10.2. The molecule has 0 bridgehead atoms. The van der Waals surface area contributed by atoms with Gasteiger partial charge in [0, 0.05) is 6.04 Å². The summed E-state index contributed by atoms with van der Waals surface area (Å²) in [7, 11) is 0. The van der Waals surface area contributed by atoms with Crippen molar-refractivity contribution in [3.8, 4) is 0 Å². The number of hydrogen-bond acceptors (Lipinski definition) is 3. The van der Waals surface area contributed by atoms with Gasteiger partial charge in [-0.05, 0) is 27.2 Å². The third-order valence-electron chi connectivity index (χ3n) is 3.21. The molecule has 4 heteroatoms. The van der Waals surface area contributed by atoms with Crippen molar-refractivity contribution in [3.63, 3.8) is 0 Å². The summed E-state index contributed by atoms with van der Waals surface area (Å²) in [5, 5.41) is 0. The van der Waals surface area contributed by atoms with Crippen molar-refractivity contribution in [3.05, 3.63) is 0 Å². The van der Waals surface area contributed by atoms with E-state index in [9.17, 15) is 4.79 Å². The lowest BCUT2D eigenvalue weighted by Crippen LogP contribution is -2.39. The minimum atomic E-state index is -0.605. The van der Waals surface area contributed by atoms with Gasteiger partial charge in [-0.2, -0.15) is 0 Å². The average molecular weight is 213 g/mol. The van der Waals surface area contributed by atoms with E-state index in [0.29, 0.717) is 6.54 Å². The molecule has 86 valence electrons. The van der Waals surface area contributed by atoms with Crippen LogP contribution in [0.3, 0.4) is 0 Å². The molecule has 0 aromatic carbocycles. The maximum Gasteiger partial charge on any atom is 0.254 e. The molecule has 0 radical (unpaired) electrons. The molecule has 0 aromatic rings. The summed E-state index contributed by atoms with van der Waals surface area (Å²) >= 11 is 0.